The van der Waals surface area contributed by atoms with Crippen molar-refractivity contribution in [2.24, 2.45) is 0 Å². The molecular formula is C9H15NO. The quantitative estimate of drug-likeness (QED) is 0.582. The van der Waals surface area contributed by atoms with Gasteiger partial charge in [-0.2, -0.15) is 0 Å². The second-order valence-corrected chi connectivity index (χ2v) is 3.02. The van der Waals surface area contributed by atoms with Crippen molar-refractivity contribution in [1.82, 2.24) is 5.32 Å². The normalized spacial score (nSPS) is 16.4. The van der Waals surface area contributed by atoms with Crippen LogP contribution in [-0.4, -0.2) is 18.4 Å². The minimum absolute atomic E-state index is 0.303. The van der Waals surface area contributed by atoms with E-state index < -0.39 is 0 Å². The number of ketones is 1. The first-order valence-electron chi connectivity index (χ1n) is 4.19. The SMILES string of the molecule is C=CCCC(=O)CNC1CC1. The Kier molecular flexibility index (Phi) is 3.30. The Balaban J connectivity index is 1.95. The van der Waals surface area contributed by atoms with Gasteiger partial charge in [0.25, 0.3) is 0 Å². The lowest BCUT2D eigenvalue weighted by Crippen LogP contribution is -2.24. The molecule has 0 amide bonds. The van der Waals surface area contributed by atoms with E-state index in [1.54, 1.807) is 6.08 Å². The fourth-order valence-electron chi connectivity index (χ4n) is 0.897. The minimum Gasteiger partial charge on any atom is -0.307 e. The van der Waals surface area contributed by atoms with E-state index in [9.17, 15) is 4.79 Å². The second-order valence-electron chi connectivity index (χ2n) is 3.02. The molecule has 1 rings (SSSR count). The number of hydrogen-bond donors (Lipinski definition) is 1. The average Bonchev–Trinajstić information content (AvgIpc) is 2.80. The summed E-state index contributed by atoms with van der Waals surface area (Å²) in [5.74, 6) is 0.303. The zero-order valence-electron chi connectivity index (χ0n) is 6.81. The Morgan fingerprint density at radius 3 is 2.91 bits per heavy atom. The van der Waals surface area contributed by atoms with Crippen molar-refractivity contribution in [2.45, 2.75) is 31.7 Å². The number of carbonyl (C=O) groups excluding carboxylic acids is 1. The Labute approximate surface area is 67.7 Å². The van der Waals surface area contributed by atoms with Crippen molar-refractivity contribution in [1.29, 1.82) is 0 Å². The van der Waals surface area contributed by atoms with Crippen molar-refractivity contribution in [3.8, 4) is 0 Å². The molecule has 0 heterocycles. The molecule has 0 atom stereocenters. The van der Waals surface area contributed by atoms with E-state index >= 15 is 0 Å². The van der Waals surface area contributed by atoms with E-state index in [1.807, 2.05) is 0 Å². The van der Waals surface area contributed by atoms with Crippen molar-refractivity contribution in [2.75, 3.05) is 6.54 Å². The number of allylic oxidation sites excluding steroid dienone is 1. The second kappa shape index (κ2) is 4.29. The van der Waals surface area contributed by atoms with Crippen LogP contribution in [0.1, 0.15) is 25.7 Å². The molecule has 1 saturated carbocycles. The standard InChI is InChI=1S/C9H15NO/c1-2-3-4-9(11)7-10-8-5-6-8/h2,8,10H,1,3-7H2. The van der Waals surface area contributed by atoms with Crippen molar-refractivity contribution >= 4 is 5.78 Å². The van der Waals surface area contributed by atoms with Crippen LogP contribution >= 0.6 is 0 Å². The van der Waals surface area contributed by atoms with Gasteiger partial charge in [-0.1, -0.05) is 6.08 Å². The third-order valence-electron chi connectivity index (χ3n) is 1.79. The summed E-state index contributed by atoms with van der Waals surface area (Å²) >= 11 is 0. The zero-order chi connectivity index (χ0) is 8.10. The molecule has 0 bridgehead atoms. The lowest BCUT2D eigenvalue weighted by molar-refractivity contribution is -0.118. The van der Waals surface area contributed by atoms with Gasteiger partial charge in [0, 0.05) is 12.5 Å². The van der Waals surface area contributed by atoms with E-state index in [2.05, 4.69) is 11.9 Å². The molecule has 0 aromatic rings. The molecule has 0 aliphatic heterocycles. The van der Waals surface area contributed by atoms with Gasteiger partial charge in [-0.25, -0.2) is 0 Å². The number of carbonyl (C=O) groups is 1. The topological polar surface area (TPSA) is 29.1 Å². The summed E-state index contributed by atoms with van der Waals surface area (Å²) in [5.41, 5.74) is 0. The molecule has 2 heteroatoms. The Hall–Kier alpha value is -0.630. The Bertz CT molecular complexity index is 150. The monoisotopic (exact) mass is 153 g/mol. The Morgan fingerprint density at radius 1 is 1.64 bits per heavy atom. The summed E-state index contributed by atoms with van der Waals surface area (Å²) in [7, 11) is 0. The number of hydrogen-bond acceptors (Lipinski definition) is 2. The van der Waals surface area contributed by atoms with Crippen LogP contribution in [0.3, 0.4) is 0 Å². The fraction of sp³-hybridized carbons (Fsp3) is 0.667. The lowest BCUT2D eigenvalue weighted by atomic mass is 10.2. The molecule has 0 saturated heterocycles. The van der Waals surface area contributed by atoms with Crippen molar-refractivity contribution in [3.05, 3.63) is 12.7 Å². The maximum Gasteiger partial charge on any atom is 0.146 e. The molecule has 1 fully saturated rings. The van der Waals surface area contributed by atoms with Gasteiger partial charge >= 0.3 is 0 Å². The molecule has 0 aromatic heterocycles. The van der Waals surface area contributed by atoms with Gasteiger partial charge in [-0.3, -0.25) is 4.79 Å². The van der Waals surface area contributed by atoms with E-state index in [0.717, 1.165) is 6.42 Å². The van der Waals surface area contributed by atoms with Crippen LogP contribution in [0.15, 0.2) is 12.7 Å². The molecule has 2 nitrogen and oxygen atoms in total. The number of rotatable bonds is 6. The van der Waals surface area contributed by atoms with Gasteiger partial charge in [-0.05, 0) is 19.3 Å². The molecule has 62 valence electrons. The van der Waals surface area contributed by atoms with Crippen molar-refractivity contribution in [3.63, 3.8) is 0 Å². The highest BCUT2D eigenvalue weighted by molar-refractivity contribution is 5.80. The molecule has 0 spiro atoms. The first-order valence-corrected chi connectivity index (χ1v) is 4.19. The summed E-state index contributed by atoms with van der Waals surface area (Å²) in [4.78, 5) is 11.0. The summed E-state index contributed by atoms with van der Waals surface area (Å²) < 4.78 is 0. The Morgan fingerprint density at radius 2 is 2.36 bits per heavy atom. The highest BCUT2D eigenvalue weighted by Crippen LogP contribution is 2.18. The fourth-order valence-corrected chi connectivity index (χ4v) is 0.897. The highest BCUT2D eigenvalue weighted by atomic mass is 16.1. The number of Topliss-reactive ketones (excluding diaryl/α,β-unsaturated/α-hetero) is 1. The average molecular weight is 153 g/mol. The molecule has 11 heavy (non-hydrogen) atoms. The maximum absolute atomic E-state index is 11.0. The van der Waals surface area contributed by atoms with Gasteiger partial charge in [-0.15, -0.1) is 6.58 Å². The van der Waals surface area contributed by atoms with Gasteiger partial charge in [0.15, 0.2) is 0 Å². The predicted octanol–water partition coefficient (Wildman–Crippen LogP) is 1.27. The third-order valence-corrected chi connectivity index (χ3v) is 1.79. The van der Waals surface area contributed by atoms with Crippen molar-refractivity contribution < 1.29 is 4.79 Å². The molecule has 1 aliphatic rings. The van der Waals surface area contributed by atoms with E-state index in [4.69, 9.17) is 0 Å². The van der Waals surface area contributed by atoms with Gasteiger partial charge in [0.05, 0.1) is 6.54 Å². The molecular weight excluding hydrogens is 138 g/mol. The first-order chi connectivity index (χ1) is 5.33. The minimum atomic E-state index is 0.303. The van der Waals surface area contributed by atoms with E-state index in [0.29, 0.717) is 24.8 Å². The summed E-state index contributed by atoms with van der Waals surface area (Å²) in [6.07, 6.45) is 5.73. The largest absolute Gasteiger partial charge is 0.307 e. The van der Waals surface area contributed by atoms with Crippen LogP contribution in [0.4, 0.5) is 0 Å². The summed E-state index contributed by atoms with van der Waals surface area (Å²) in [5, 5.41) is 3.18. The zero-order valence-corrected chi connectivity index (χ0v) is 6.81. The molecule has 0 unspecified atom stereocenters. The molecule has 0 aromatic carbocycles. The van der Waals surface area contributed by atoms with Crippen LogP contribution in [-0.2, 0) is 4.79 Å². The first kappa shape index (κ1) is 8.47. The maximum atomic E-state index is 11.0. The lowest BCUT2D eigenvalue weighted by Gasteiger charge is -1.99. The smallest absolute Gasteiger partial charge is 0.146 e. The summed E-state index contributed by atoms with van der Waals surface area (Å²) in [6.45, 7) is 4.12. The highest BCUT2D eigenvalue weighted by Gasteiger charge is 2.20. The van der Waals surface area contributed by atoms with Crippen LogP contribution in [0.25, 0.3) is 0 Å². The van der Waals surface area contributed by atoms with Crippen LogP contribution in [0.2, 0.25) is 0 Å². The predicted molar refractivity (Wildman–Crippen MR) is 45.5 cm³/mol. The molecule has 1 aliphatic carbocycles. The van der Waals surface area contributed by atoms with Gasteiger partial charge in [0.1, 0.15) is 5.78 Å². The van der Waals surface area contributed by atoms with Gasteiger partial charge in [0.2, 0.25) is 0 Å². The van der Waals surface area contributed by atoms with E-state index in [1.165, 1.54) is 12.8 Å². The van der Waals surface area contributed by atoms with E-state index in [-0.39, 0.29) is 0 Å². The molecule has 1 N–H and O–H groups in total. The third kappa shape index (κ3) is 3.94. The van der Waals surface area contributed by atoms with Crippen LogP contribution in [0.5, 0.6) is 0 Å². The number of nitrogens with one attached hydrogen (secondary N) is 1. The summed E-state index contributed by atoms with van der Waals surface area (Å²) in [6, 6.07) is 0.641. The van der Waals surface area contributed by atoms with Gasteiger partial charge < -0.3 is 5.32 Å². The van der Waals surface area contributed by atoms with Crippen LogP contribution < -0.4 is 5.32 Å². The van der Waals surface area contributed by atoms with Crippen LogP contribution in [0, 0.1) is 0 Å². The molecule has 0 radical (unpaired) electrons.